The Morgan fingerprint density at radius 1 is 0.419 bits per heavy atom. The first-order chi connectivity index (χ1) is 15.3. The van der Waals surface area contributed by atoms with E-state index in [1.807, 2.05) is 0 Å². The van der Waals surface area contributed by atoms with Crippen LogP contribution in [-0.4, -0.2) is 0 Å². The van der Waals surface area contributed by atoms with Crippen molar-refractivity contribution in [2.45, 2.75) is 0 Å². The van der Waals surface area contributed by atoms with Crippen LogP contribution in [0.25, 0.3) is 54.6 Å². The van der Waals surface area contributed by atoms with E-state index < -0.39 is 0 Å². The first-order valence-electron chi connectivity index (χ1n) is 10.5. The Kier molecular flexibility index (Phi) is 4.36. The zero-order valence-electron chi connectivity index (χ0n) is 16.8. The van der Waals surface area contributed by atoms with Gasteiger partial charge in [-0.1, -0.05) is 109 Å². The second-order valence-corrected chi connectivity index (χ2v) is 8.71. The van der Waals surface area contributed by atoms with Gasteiger partial charge in [-0.05, 0) is 76.6 Å². The fourth-order valence-corrected chi connectivity index (χ4v) is 5.32. The maximum atomic E-state index is 3.85. The average molecular weight is 459 g/mol. The molecule has 146 valence electrons. The van der Waals surface area contributed by atoms with E-state index in [1.54, 1.807) is 0 Å². The maximum absolute atomic E-state index is 3.85. The van der Waals surface area contributed by atoms with Crippen molar-refractivity contribution in [1.29, 1.82) is 0 Å². The monoisotopic (exact) mass is 458 g/mol. The van der Waals surface area contributed by atoms with E-state index in [0.717, 1.165) is 4.47 Å². The van der Waals surface area contributed by atoms with Crippen LogP contribution < -0.4 is 0 Å². The summed E-state index contributed by atoms with van der Waals surface area (Å²) in [5.74, 6) is 0. The number of fused-ring (bicyclic) bond motifs is 3. The minimum Gasteiger partial charge on any atom is -0.0616 e. The molecule has 6 aromatic carbocycles. The lowest BCUT2D eigenvalue weighted by Gasteiger charge is -2.13. The van der Waals surface area contributed by atoms with Crippen molar-refractivity contribution >= 4 is 48.2 Å². The van der Waals surface area contributed by atoms with Gasteiger partial charge in [-0.2, -0.15) is 0 Å². The summed E-state index contributed by atoms with van der Waals surface area (Å²) in [7, 11) is 0. The summed E-state index contributed by atoms with van der Waals surface area (Å²) in [5.41, 5.74) is 4.98. The highest BCUT2D eigenvalue weighted by molar-refractivity contribution is 9.10. The molecule has 6 aromatic rings. The molecule has 0 N–H and O–H groups in total. The summed E-state index contributed by atoms with van der Waals surface area (Å²) < 4.78 is 1.15. The van der Waals surface area contributed by atoms with Gasteiger partial charge in [0, 0.05) is 4.47 Å². The number of halogens is 1. The second kappa shape index (κ2) is 7.37. The summed E-state index contributed by atoms with van der Waals surface area (Å²) in [6.07, 6.45) is 0. The average Bonchev–Trinajstić information content (AvgIpc) is 2.83. The van der Waals surface area contributed by atoms with Gasteiger partial charge in [-0.3, -0.25) is 0 Å². The Labute approximate surface area is 189 Å². The molecule has 0 aliphatic carbocycles. The Hall–Kier alpha value is -3.42. The highest BCUT2D eigenvalue weighted by Crippen LogP contribution is 2.39. The van der Waals surface area contributed by atoms with Crippen LogP contribution in [0.1, 0.15) is 0 Å². The highest BCUT2D eigenvalue weighted by atomic mass is 79.9. The van der Waals surface area contributed by atoms with Crippen molar-refractivity contribution in [3.8, 4) is 22.3 Å². The Balaban J connectivity index is 1.54. The molecule has 0 aliphatic rings. The third-order valence-electron chi connectivity index (χ3n) is 6.12. The number of rotatable bonds is 2. The SMILES string of the molecule is Brc1c(-c2ccc(-c3c4ccccc4cc4ccccc34)cc2)ccc2ccccc12. The van der Waals surface area contributed by atoms with Crippen LogP contribution in [0, 0.1) is 0 Å². The van der Waals surface area contributed by atoms with Gasteiger partial charge in [0.25, 0.3) is 0 Å². The molecule has 0 atom stereocenters. The van der Waals surface area contributed by atoms with Crippen molar-refractivity contribution in [1.82, 2.24) is 0 Å². The molecule has 1 heteroatoms. The molecule has 0 radical (unpaired) electrons. The van der Waals surface area contributed by atoms with Gasteiger partial charge in [0.15, 0.2) is 0 Å². The normalized spacial score (nSPS) is 11.4. The Morgan fingerprint density at radius 3 is 1.58 bits per heavy atom. The van der Waals surface area contributed by atoms with Gasteiger partial charge in [0.2, 0.25) is 0 Å². The number of hydrogen-bond donors (Lipinski definition) is 0. The molecular formula is C30H19Br. The van der Waals surface area contributed by atoms with E-state index in [4.69, 9.17) is 0 Å². The predicted molar refractivity (Wildman–Crippen MR) is 138 cm³/mol. The lowest BCUT2D eigenvalue weighted by Crippen LogP contribution is -1.87. The van der Waals surface area contributed by atoms with Crippen LogP contribution in [0.15, 0.2) is 120 Å². The summed E-state index contributed by atoms with van der Waals surface area (Å²) in [4.78, 5) is 0. The topological polar surface area (TPSA) is 0 Å². The van der Waals surface area contributed by atoms with E-state index >= 15 is 0 Å². The molecule has 0 saturated carbocycles. The molecule has 6 rings (SSSR count). The van der Waals surface area contributed by atoms with Gasteiger partial charge < -0.3 is 0 Å². The summed E-state index contributed by atoms with van der Waals surface area (Å²) in [6.45, 7) is 0. The van der Waals surface area contributed by atoms with Gasteiger partial charge >= 0.3 is 0 Å². The lowest BCUT2D eigenvalue weighted by atomic mass is 9.91. The van der Waals surface area contributed by atoms with E-state index in [9.17, 15) is 0 Å². The van der Waals surface area contributed by atoms with E-state index in [1.165, 1.54) is 54.6 Å². The van der Waals surface area contributed by atoms with Crippen molar-refractivity contribution in [3.63, 3.8) is 0 Å². The Bertz CT molecular complexity index is 1520. The molecule has 31 heavy (non-hydrogen) atoms. The molecule has 0 aliphatic heterocycles. The van der Waals surface area contributed by atoms with Crippen LogP contribution in [0.2, 0.25) is 0 Å². The van der Waals surface area contributed by atoms with Gasteiger partial charge in [-0.15, -0.1) is 0 Å². The fraction of sp³-hybridized carbons (Fsp3) is 0. The molecule has 0 nitrogen and oxygen atoms in total. The highest BCUT2D eigenvalue weighted by Gasteiger charge is 2.11. The predicted octanol–water partition coefficient (Wildman–Crippen LogP) is 9.24. The zero-order valence-corrected chi connectivity index (χ0v) is 18.4. The van der Waals surface area contributed by atoms with Crippen molar-refractivity contribution in [3.05, 3.63) is 120 Å². The molecule has 0 unspecified atom stereocenters. The summed E-state index contributed by atoms with van der Waals surface area (Å²) in [5, 5.41) is 7.62. The second-order valence-electron chi connectivity index (χ2n) is 7.92. The third kappa shape index (κ3) is 3.05. The van der Waals surface area contributed by atoms with Crippen molar-refractivity contribution in [2.75, 3.05) is 0 Å². The quantitative estimate of drug-likeness (QED) is 0.226. The summed E-state index contributed by atoms with van der Waals surface area (Å²) >= 11 is 3.85. The van der Waals surface area contributed by atoms with Crippen LogP contribution in [0.4, 0.5) is 0 Å². The Morgan fingerprint density at radius 2 is 0.935 bits per heavy atom. The zero-order chi connectivity index (χ0) is 20.8. The largest absolute Gasteiger partial charge is 0.0616 e. The summed E-state index contributed by atoms with van der Waals surface area (Å²) in [6, 6.07) is 41.5. The first-order valence-corrected chi connectivity index (χ1v) is 11.3. The number of benzene rings is 6. The molecule has 0 saturated heterocycles. The molecule has 0 spiro atoms. The molecule has 0 heterocycles. The van der Waals surface area contributed by atoms with Gasteiger partial charge in [0.1, 0.15) is 0 Å². The van der Waals surface area contributed by atoms with E-state index in [-0.39, 0.29) is 0 Å². The van der Waals surface area contributed by atoms with Crippen LogP contribution in [-0.2, 0) is 0 Å². The minimum absolute atomic E-state index is 1.15. The van der Waals surface area contributed by atoms with Crippen LogP contribution in [0.3, 0.4) is 0 Å². The minimum atomic E-state index is 1.15. The van der Waals surface area contributed by atoms with Crippen LogP contribution in [0.5, 0.6) is 0 Å². The van der Waals surface area contributed by atoms with Crippen molar-refractivity contribution < 1.29 is 0 Å². The van der Waals surface area contributed by atoms with Crippen molar-refractivity contribution in [2.24, 2.45) is 0 Å². The maximum Gasteiger partial charge on any atom is 0.0332 e. The smallest absolute Gasteiger partial charge is 0.0332 e. The molecular weight excluding hydrogens is 440 g/mol. The van der Waals surface area contributed by atoms with Gasteiger partial charge in [0.05, 0.1) is 0 Å². The lowest BCUT2D eigenvalue weighted by molar-refractivity contribution is 1.61. The van der Waals surface area contributed by atoms with E-state index in [2.05, 4.69) is 131 Å². The molecule has 0 fully saturated rings. The van der Waals surface area contributed by atoms with Crippen LogP contribution >= 0.6 is 15.9 Å². The third-order valence-corrected chi connectivity index (χ3v) is 6.97. The van der Waals surface area contributed by atoms with E-state index in [0.29, 0.717) is 0 Å². The first kappa shape index (κ1) is 18.4. The number of hydrogen-bond acceptors (Lipinski definition) is 0. The standard InChI is InChI=1S/C30H19Br/c31-30-27-12-6-1-7-20(27)17-18-28(30)21-13-15-22(16-14-21)29-25-10-4-2-8-23(25)19-24-9-3-5-11-26(24)29/h1-19H. The van der Waals surface area contributed by atoms with Gasteiger partial charge in [-0.25, -0.2) is 0 Å². The molecule has 0 bridgehead atoms. The fourth-order valence-electron chi connectivity index (χ4n) is 4.60. The molecule has 0 aromatic heterocycles. The molecule has 0 amide bonds.